The van der Waals surface area contributed by atoms with E-state index in [4.69, 9.17) is 0 Å². The van der Waals surface area contributed by atoms with Gasteiger partial charge < -0.3 is 9.47 Å². The maximum absolute atomic E-state index is 4.43. The minimum atomic E-state index is 0.823. The van der Waals surface area contributed by atoms with E-state index < -0.39 is 0 Å². The van der Waals surface area contributed by atoms with Crippen molar-refractivity contribution in [2.75, 3.05) is 11.9 Å². The predicted molar refractivity (Wildman–Crippen MR) is 75.5 cm³/mol. The van der Waals surface area contributed by atoms with E-state index in [-0.39, 0.29) is 0 Å². The van der Waals surface area contributed by atoms with E-state index in [0.717, 1.165) is 29.2 Å². The van der Waals surface area contributed by atoms with Crippen LogP contribution in [0.3, 0.4) is 0 Å². The number of anilines is 2. The van der Waals surface area contributed by atoms with E-state index in [1.165, 1.54) is 0 Å². The van der Waals surface area contributed by atoms with Crippen LogP contribution < -0.4 is 4.90 Å². The van der Waals surface area contributed by atoms with Gasteiger partial charge in [0.15, 0.2) is 17.0 Å². The Bertz CT molecular complexity index is 689. The molecule has 2 heterocycles. The zero-order valence-electron chi connectivity index (χ0n) is 11.0. The fourth-order valence-corrected chi connectivity index (χ4v) is 2.12. The Kier molecular flexibility index (Phi) is 2.87. The molecule has 3 aromatic rings. The second-order valence-electron chi connectivity index (χ2n) is 4.29. The summed E-state index contributed by atoms with van der Waals surface area (Å²) in [6.45, 7) is 2.92. The highest BCUT2D eigenvalue weighted by Crippen LogP contribution is 2.26. The fraction of sp³-hybridized carbons (Fsp3) is 0.214. The average Bonchev–Trinajstić information content (AvgIpc) is 2.90. The van der Waals surface area contributed by atoms with Crippen molar-refractivity contribution in [1.82, 2.24) is 19.5 Å². The first-order valence-electron chi connectivity index (χ1n) is 6.26. The molecule has 2 aromatic heterocycles. The average molecular weight is 253 g/mol. The molecule has 0 fully saturated rings. The summed E-state index contributed by atoms with van der Waals surface area (Å²) < 4.78 is 2.01. The highest BCUT2D eigenvalue weighted by Gasteiger charge is 2.13. The molecule has 96 valence electrons. The fourth-order valence-electron chi connectivity index (χ4n) is 2.12. The monoisotopic (exact) mass is 253 g/mol. The molecule has 19 heavy (non-hydrogen) atoms. The van der Waals surface area contributed by atoms with Crippen LogP contribution in [-0.2, 0) is 6.54 Å². The standard InChI is InChI=1S/C14H15N5/c1-3-19-10-17-12-13(15-9-16-14(12)19)18(2)11-7-5-4-6-8-11/h4-10H,3H2,1-2H3. The SMILES string of the molecule is CCn1cnc2c(N(C)c3ccccc3)ncnc21. The number of benzene rings is 1. The van der Waals surface area contributed by atoms with Crippen molar-refractivity contribution in [1.29, 1.82) is 0 Å². The van der Waals surface area contributed by atoms with Gasteiger partial charge in [-0.2, -0.15) is 0 Å². The first-order valence-corrected chi connectivity index (χ1v) is 6.26. The summed E-state index contributed by atoms with van der Waals surface area (Å²) in [6, 6.07) is 10.1. The van der Waals surface area contributed by atoms with E-state index in [1.54, 1.807) is 6.33 Å². The summed E-state index contributed by atoms with van der Waals surface area (Å²) in [5, 5.41) is 0. The van der Waals surface area contributed by atoms with Crippen molar-refractivity contribution < 1.29 is 0 Å². The van der Waals surface area contributed by atoms with E-state index in [9.17, 15) is 0 Å². The first kappa shape index (κ1) is 11.6. The maximum Gasteiger partial charge on any atom is 0.165 e. The Hall–Kier alpha value is -2.43. The molecular formula is C14H15N5. The highest BCUT2D eigenvalue weighted by molar-refractivity contribution is 5.85. The Balaban J connectivity index is 2.13. The summed E-state index contributed by atoms with van der Waals surface area (Å²) in [5.41, 5.74) is 2.78. The van der Waals surface area contributed by atoms with Crippen LogP contribution in [0.1, 0.15) is 6.92 Å². The smallest absolute Gasteiger partial charge is 0.165 e. The van der Waals surface area contributed by atoms with E-state index >= 15 is 0 Å². The second-order valence-corrected chi connectivity index (χ2v) is 4.29. The molecule has 0 spiro atoms. The lowest BCUT2D eigenvalue weighted by atomic mass is 10.3. The molecule has 0 aliphatic heterocycles. The third-order valence-electron chi connectivity index (χ3n) is 3.18. The van der Waals surface area contributed by atoms with E-state index in [0.29, 0.717) is 0 Å². The van der Waals surface area contributed by atoms with Gasteiger partial charge in [-0.15, -0.1) is 0 Å². The summed E-state index contributed by atoms with van der Waals surface area (Å²) in [5.74, 6) is 0.823. The first-order chi connectivity index (χ1) is 9.31. The van der Waals surface area contributed by atoms with Crippen molar-refractivity contribution in [2.24, 2.45) is 0 Å². The molecule has 5 heteroatoms. The molecule has 0 saturated heterocycles. The van der Waals surface area contributed by atoms with Crippen LogP contribution in [0.25, 0.3) is 11.2 Å². The quantitative estimate of drug-likeness (QED) is 0.720. The van der Waals surface area contributed by atoms with Gasteiger partial charge in [0.1, 0.15) is 6.33 Å². The topological polar surface area (TPSA) is 46.8 Å². The number of aryl methyl sites for hydroxylation is 1. The molecule has 3 rings (SSSR count). The molecule has 0 N–H and O–H groups in total. The highest BCUT2D eigenvalue weighted by atomic mass is 15.2. The number of hydrogen-bond acceptors (Lipinski definition) is 4. The van der Waals surface area contributed by atoms with Gasteiger partial charge in [-0.1, -0.05) is 18.2 Å². The molecule has 0 saturated carbocycles. The van der Waals surface area contributed by atoms with E-state index in [1.807, 2.05) is 53.2 Å². The molecule has 0 aliphatic carbocycles. The summed E-state index contributed by atoms with van der Waals surface area (Å²) in [4.78, 5) is 15.1. The predicted octanol–water partition coefficient (Wildman–Crippen LogP) is 2.61. The van der Waals surface area contributed by atoms with Crippen LogP contribution in [0.4, 0.5) is 11.5 Å². The van der Waals surface area contributed by atoms with Crippen LogP contribution in [0.2, 0.25) is 0 Å². The van der Waals surface area contributed by atoms with Crippen molar-refractivity contribution in [2.45, 2.75) is 13.5 Å². The maximum atomic E-state index is 4.43. The van der Waals surface area contributed by atoms with E-state index in [2.05, 4.69) is 21.9 Å². The van der Waals surface area contributed by atoms with Crippen molar-refractivity contribution in [3.63, 3.8) is 0 Å². The molecule has 0 aliphatic rings. The zero-order chi connectivity index (χ0) is 13.2. The van der Waals surface area contributed by atoms with Crippen LogP contribution in [0, 0.1) is 0 Å². The Morgan fingerprint density at radius 3 is 2.63 bits per heavy atom. The van der Waals surface area contributed by atoms with Gasteiger partial charge in [0.25, 0.3) is 0 Å². The number of nitrogens with zero attached hydrogens (tertiary/aromatic N) is 5. The van der Waals surface area contributed by atoms with Crippen molar-refractivity contribution >= 4 is 22.7 Å². The number of fused-ring (bicyclic) bond motifs is 1. The number of hydrogen-bond donors (Lipinski definition) is 0. The van der Waals surface area contributed by atoms with Crippen molar-refractivity contribution in [3.05, 3.63) is 43.0 Å². The second kappa shape index (κ2) is 4.68. The summed E-state index contributed by atoms with van der Waals surface area (Å²) in [6.07, 6.45) is 3.40. The number of rotatable bonds is 3. The Morgan fingerprint density at radius 2 is 1.89 bits per heavy atom. The van der Waals surface area contributed by atoms with Gasteiger partial charge in [-0.25, -0.2) is 15.0 Å². The lowest BCUT2D eigenvalue weighted by Crippen LogP contribution is -2.12. The van der Waals surface area contributed by atoms with Gasteiger partial charge in [0.2, 0.25) is 0 Å². The van der Waals surface area contributed by atoms with Gasteiger partial charge in [0.05, 0.1) is 6.33 Å². The number of aromatic nitrogens is 4. The van der Waals surface area contributed by atoms with Gasteiger partial charge in [-0.05, 0) is 19.1 Å². The molecule has 0 bridgehead atoms. The van der Waals surface area contributed by atoms with Gasteiger partial charge in [0, 0.05) is 19.3 Å². The van der Waals surface area contributed by atoms with Gasteiger partial charge >= 0.3 is 0 Å². The molecule has 0 radical (unpaired) electrons. The van der Waals surface area contributed by atoms with Crippen molar-refractivity contribution in [3.8, 4) is 0 Å². The number of para-hydroxylation sites is 1. The third kappa shape index (κ3) is 1.93. The molecular weight excluding hydrogens is 238 g/mol. The van der Waals surface area contributed by atoms with Crippen LogP contribution in [0.15, 0.2) is 43.0 Å². The zero-order valence-corrected chi connectivity index (χ0v) is 11.0. The third-order valence-corrected chi connectivity index (χ3v) is 3.18. The minimum Gasteiger partial charge on any atom is -0.328 e. The summed E-state index contributed by atoms with van der Waals surface area (Å²) in [7, 11) is 1.99. The lowest BCUT2D eigenvalue weighted by Gasteiger charge is -2.18. The van der Waals surface area contributed by atoms with Crippen LogP contribution in [-0.4, -0.2) is 26.6 Å². The minimum absolute atomic E-state index is 0.823. The summed E-state index contributed by atoms with van der Waals surface area (Å²) >= 11 is 0. The molecule has 0 amide bonds. The molecule has 0 unspecified atom stereocenters. The Labute approximate surface area is 111 Å². The normalized spacial score (nSPS) is 10.8. The molecule has 0 atom stereocenters. The molecule has 5 nitrogen and oxygen atoms in total. The molecule has 1 aromatic carbocycles. The number of imidazole rings is 1. The Morgan fingerprint density at radius 1 is 1.11 bits per heavy atom. The van der Waals surface area contributed by atoms with Crippen LogP contribution >= 0.6 is 0 Å². The largest absolute Gasteiger partial charge is 0.328 e. The van der Waals surface area contributed by atoms with Crippen LogP contribution in [0.5, 0.6) is 0 Å². The lowest BCUT2D eigenvalue weighted by molar-refractivity contribution is 0.777. The van der Waals surface area contributed by atoms with Gasteiger partial charge in [-0.3, -0.25) is 0 Å².